The molecule has 0 spiro atoms. The topological polar surface area (TPSA) is 56.3 Å². The van der Waals surface area contributed by atoms with E-state index in [1.54, 1.807) is 0 Å². The van der Waals surface area contributed by atoms with Gasteiger partial charge in [0.2, 0.25) is 6.79 Å². The fraction of sp³-hybridized carbons (Fsp3) is 0.222. The van der Waals surface area contributed by atoms with Crippen molar-refractivity contribution in [1.29, 1.82) is 0 Å². The molecule has 0 aliphatic carbocycles. The summed E-state index contributed by atoms with van der Waals surface area (Å²) >= 11 is 0. The summed E-state index contributed by atoms with van der Waals surface area (Å²) < 4.78 is 11.0. The maximum absolute atomic E-state index is 5.53. The van der Waals surface area contributed by atoms with Crippen LogP contribution >= 0.6 is 0 Å². The molecular formula is C18H15N3O2. The van der Waals surface area contributed by atoms with Crippen molar-refractivity contribution in [2.45, 2.75) is 12.5 Å². The second-order valence-electron chi connectivity index (χ2n) is 5.83. The monoisotopic (exact) mass is 305 g/mol. The number of para-hydroxylation sites is 2. The molecule has 2 aromatic carbocycles. The second kappa shape index (κ2) is 4.93. The molecule has 0 radical (unpaired) electrons. The van der Waals surface area contributed by atoms with E-state index < -0.39 is 0 Å². The van der Waals surface area contributed by atoms with E-state index in [9.17, 15) is 0 Å². The number of nitrogens with zero attached hydrogens (tertiary/aromatic N) is 2. The third-order valence-corrected chi connectivity index (χ3v) is 4.45. The van der Waals surface area contributed by atoms with Crippen LogP contribution in [-0.4, -0.2) is 23.3 Å². The molecule has 0 amide bonds. The van der Waals surface area contributed by atoms with Crippen LogP contribution in [0.4, 0.5) is 0 Å². The number of ether oxygens (including phenoxy) is 2. The number of nitrogens with one attached hydrogen (secondary N) is 1. The molecule has 3 heterocycles. The molecular weight excluding hydrogens is 290 g/mol. The van der Waals surface area contributed by atoms with Gasteiger partial charge in [0.25, 0.3) is 0 Å². The van der Waals surface area contributed by atoms with Crippen LogP contribution in [0.5, 0.6) is 11.5 Å². The molecule has 23 heavy (non-hydrogen) atoms. The summed E-state index contributed by atoms with van der Waals surface area (Å²) in [6.45, 7) is 1.21. The normalized spacial score (nSPS) is 18.9. The molecule has 5 heteroatoms. The third-order valence-electron chi connectivity index (χ3n) is 4.45. The molecule has 0 bridgehead atoms. The lowest BCUT2D eigenvalue weighted by Gasteiger charge is -2.26. The Bertz CT molecular complexity index is 910. The number of aromatic nitrogens is 2. The minimum atomic E-state index is 0.0327. The minimum Gasteiger partial charge on any atom is -0.454 e. The predicted octanol–water partition coefficient (Wildman–Crippen LogP) is 2.59. The van der Waals surface area contributed by atoms with Crippen LogP contribution in [0, 0.1) is 0 Å². The van der Waals surface area contributed by atoms with Gasteiger partial charge in [0.05, 0.1) is 29.0 Å². The molecule has 3 aromatic rings. The van der Waals surface area contributed by atoms with Crippen LogP contribution in [0.25, 0.3) is 11.0 Å². The highest BCUT2D eigenvalue weighted by Crippen LogP contribution is 2.39. The van der Waals surface area contributed by atoms with Gasteiger partial charge in [-0.05, 0) is 41.8 Å². The van der Waals surface area contributed by atoms with E-state index in [-0.39, 0.29) is 6.04 Å². The van der Waals surface area contributed by atoms with Gasteiger partial charge in [-0.25, -0.2) is 4.98 Å². The average Bonchev–Trinajstić information content (AvgIpc) is 3.06. The van der Waals surface area contributed by atoms with Crippen LogP contribution in [-0.2, 0) is 6.42 Å². The Labute approximate surface area is 133 Å². The van der Waals surface area contributed by atoms with Crippen molar-refractivity contribution in [1.82, 2.24) is 15.3 Å². The van der Waals surface area contributed by atoms with Crippen molar-refractivity contribution in [3.05, 3.63) is 59.4 Å². The van der Waals surface area contributed by atoms with Crippen LogP contribution in [0.15, 0.2) is 42.6 Å². The summed E-state index contributed by atoms with van der Waals surface area (Å²) in [5, 5.41) is 3.55. The van der Waals surface area contributed by atoms with E-state index >= 15 is 0 Å². The van der Waals surface area contributed by atoms with E-state index in [0.29, 0.717) is 6.79 Å². The zero-order valence-corrected chi connectivity index (χ0v) is 12.5. The number of benzene rings is 2. The van der Waals surface area contributed by atoms with Crippen LogP contribution in [0.3, 0.4) is 0 Å². The molecule has 1 aromatic heterocycles. The Morgan fingerprint density at radius 1 is 1.04 bits per heavy atom. The summed E-state index contributed by atoms with van der Waals surface area (Å²) in [4.78, 5) is 9.34. The van der Waals surface area contributed by atoms with E-state index in [4.69, 9.17) is 14.5 Å². The highest BCUT2D eigenvalue weighted by Gasteiger charge is 2.27. The Morgan fingerprint density at radius 3 is 2.78 bits per heavy atom. The van der Waals surface area contributed by atoms with Gasteiger partial charge in [-0.15, -0.1) is 0 Å². The van der Waals surface area contributed by atoms with Gasteiger partial charge in [0.1, 0.15) is 0 Å². The van der Waals surface area contributed by atoms with Crippen LogP contribution in [0.1, 0.15) is 22.9 Å². The maximum Gasteiger partial charge on any atom is 0.231 e. The van der Waals surface area contributed by atoms with E-state index in [1.165, 1.54) is 11.1 Å². The van der Waals surface area contributed by atoms with Crippen molar-refractivity contribution in [3.63, 3.8) is 0 Å². The molecule has 1 N–H and O–H groups in total. The standard InChI is InChI=1S/C18H15N3O2/c1-2-4-14-13(3-1)20-9-15(21-14)18-12-8-17-16(22-10-23-17)7-11(12)5-6-19-18/h1-4,7-9,18-19H,5-6,10H2. The Kier molecular flexibility index (Phi) is 2.75. The lowest BCUT2D eigenvalue weighted by atomic mass is 9.92. The van der Waals surface area contributed by atoms with Gasteiger partial charge in [0.15, 0.2) is 11.5 Å². The molecule has 1 atom stereocenters. The number of rotatable bonds is 1. The van der Waals surface area contributed by atoms with Crippen molar-refractivity contribution in [3.8, 4) is 11.5 Å². The summed E-state index contributed by atoms with van der Waals surface area (Å²) in [6.07, 6.45) is 2.84. The molecule has 0 saturated carbocycles. The molecule has 0 saturated heterocycles. The molecule has 0 fully saturated rings. The van der Waals surface area contributed by atoms with E-state index in [2.05, 4.69) is 22.4 Å². The highest BCUT2D eigenvalue weighted by molar-refractivity contribution is 5.73. The Morgan fingerprint density at radius 2 is 1.87 bits per heavy atom. The first-order valence-electron chi connectivity index (χ1n) is 7.76. The third kappa shape index (κ3) is 2.04. The molecule has 2 aliphatic rings. The van der Waals surface area contributed by atoms with Crippen LogP contribution < -0.4 is 14.8 Å². The zero-order valence-electron chi connectivity index (χ0n) is 12.5. The fourth-order valence-electron chi connectivity index (χ4n) is 3.32. The first kappa shape index (κ1) is 12.8. The van der Waals surface area contributed by atoms with Gasteiger partial charge in [0, 0.05) is 6.54 Å². The van der Waals surface area contributed by atoms with E-state index in [0.717, 1.165) is 41.2 Å². The lowest BCUT2D eigenvalue weighted by Crippen LogP contribution is -2.31. The summed E-state index contributed by atoms with van der Waals surface area (Å²) in [6, 6.07) is 12.1. The summed E-state index contributed by atoms with van der Waals surface area (Å²) in [5.74, 6) is 1.65. The maximum atomic E-state index is 5.53. The number of fused-ring (bicyclic) bond motifs is 3. The van der Waals surface area contributed by atoms with Gasteiger partial charge in [-0.1, -0.05) is 12.1 Å². The molecule has 1 unspecified atom stereocenters. The van der Waals surface area contributed by atoms with Gasteiger partial charge in [-0.2, -0.15) is 0 Å². The smallest absolute Gasteiger partial charge is 0.231 e. The SMILES string of the molecule is c1ccc2nc(C3NCCc4cc5c(cc43)OCO5)cnc2c1. The molecule has 5 nitrogen and oxygen atoms in total. The number of hydrogen-bond donors (Lipinski definition) is 1. The highest BCUT2D eigenvalue weighted by atomic mass is 16.7. The van der Waals surface area contributed by atoms with Crippen molar-refractivity contribution < 1.29 is 9.47 Å². The Balaban J connectivity index is 1.64. The molecule has 114 valence electrons. The van der Waals surface area contributed by atoms with Gasteiger partial charge in [-0.3, -0.25) is 4.98 Å². The predicted molar refractivity (Wildman–Crippen MR) is 85.7 cm³/mol. The summed E-state index contributed by atoms with van der Waals surface area (Å²) in [5.41, 5.74) is 5.25. The van der Waals surface area contributed by atoms with Crippen molar-refractivity contribution in [2.75, 3.05) is 13.3 Å². The van der Waals surface area contributed by atoms with E-state index in [1.807, 2.05) is 30.5 Å². The lowest BCUT2D eigenvalue weighted by molar-refractivity contribution is 0.174. The van der Waals surface area contributed by atoms with Gasteiger partial charge < -0.3 is 14.8 Å². The fourth-order valence-corrected chi connectivity index (χ4v) is 3.32. The minimum absolute atomic E-state index is 0.0327. The number of hydrogen-bond acceptors (Lipinski definition) is 5. The quantitative estimate of drug-likeness (QED) is 0.749. The molecule has 2 aliphatic heterocycles. The van der Waals surface area contributed by atoms with Crippen molar-refractivity contribution in [2.24, 2.45) is 0 Å². The first-order chi connectivity index (χ1) is 11.4. The first-order valence-corrected chi connectivity index (χ1v) is 7.76. The second-order valence-corrected chi connectivity index (χ2v) is 5.83. The van der Waals surface area contributed by atoms with Crippen LogP contribution in [0.2, 0.25) is 0 Å². The molecule has 5 rings (SSSR count). The van der Waals surface area contributed by atoms with Gasteiger partial charge >= 0.3 is 0 Å². The largest absolute Gasteiger partial charge is 0.454 e. The summed E-state index contributed by atoms with van der Waals surface area (Å²) in [7, 11) is 0. The van der Waals surface area contributed by atoms with Crippen molar-refractivity contribution >= 4 is 11.0 Å². The zero-order chi connectivity index (χ0) is 15.2. The average molecular weight is 305 g/mol. The Hall–Kier alpha value is -2.66.